The van der Waals surface area contributed by atoms with Crippen molar-refractivity contribution in [2.24, 2.45) is 11.8 Å². The molecular formula is C25H26F5NOS. The highest BCUT2D eigenvalue weighted by Crippen LogP contribution is 2.49. The Morgan fingerprint density at radius 2 is 1.48 bits per heavy atom. The minimum Gasteiger partial charge on any atom is -0.392 e. The topological polar surface area (TPSA) is 23.5 Å². The number of benzene rings is 2. The second kappa shape index (κ2) is 9.89. The normalized spacial score (nSPS) is 17.1. The molecular weight excluding hydrogens is 457 g/mol. The largest absolute Gasteiger partial charge is 0.392 e. The number of likely N-dealkylation sites (N-methyl/N-ethyl adjacent to an activating group) is 1. The van der Waals surface area contributed by atoms with Crippen LogP contribution >= 0.6 is 11.8 Å². The average molecular weight is 484 g/mol. The fraction of sp³-hybridized carbons (Fsp3) is 0.360. The summed E-state index contributed by atoms with van der Waals surface area (Å²) in [4.78, 5) is 1.47. The summed E-state index contributed by atoms with van der Waals surface area (Å²) in [5.41, 5.74) is 2.27. The van der Waals surface area contributed by atoms with Gasteiger partial charge in [0.25, 0.3) is 0 Å². The van der Waals surface area contributed by atoms with Gasteiger partial charge in [0.15, 0.2) is 23.3 Å². The van der Waals surface area contributed by atoms with Crippen LogP contribution in [-0.4, -0.2) is 29.7 Å². The van der Waals surface area contributed by atoms with Crippen molar-refractivity contribution in [2.75, 3.05) is 13.7 Å². The first-order valence-electron chi connectivity index (χ1n) is 10.6. The summed E-state index contributed by atoms with van der Waals surface area (Å²) in [5.74, 6) is -6.54. The van der Waals surface area contributed by atoms with E-state index in [-0.39, 0.29) is 30.6 Å². The van der Waals surface area contributed by atoms with E-state index in [4.69, 9.17) is 0 Å². The van der Waals surface area contributed by atoms with Crippen molar-refractivity contribution in [3.8, 4) is 0 Å². The molecule has 0 saturated heterocycles. The molecule has 0 amide bonds. The monoisotopic (exact) mass is 483 g/mol. The van der Waals surface area contributed by atoms with Crippen molar-refractivity contribution in [3.05, 3.63) is 81.2 Å². The lowest BCUT2D eigenvalue weighted by atomic mass is 9.83. The van der Waals surface area contributed by atoms with Gasteiger partial charge < -0.3 is 10.0 Å². The van der Waals surface area contributed by atoms with Crippen molar-refractivity contribution in [1.29, 1.82) is 0 Å². The van der Waals surface area contributed by atoms with Crippen LogP contribution in [0, 0.1) is 40.9 Å². The molecule has 8 heteroatoms. The third-order valence-electron chi connectivity index (χ3n) is 5.69. The van der Waals surface area contributed by atoms with E-state index in [1.54, 1.807) is 0 Å². The first kappa shape index (κ1) is 25.3. The molecule has 0 fully saturated rings. The zero-order valence-electron chi connectivity index (χ0n) is 19.0. The molecule has 178 valence electrons. The first-order chi connectivity index (χ1) is 15.5. The van der Waals surface area contributed by atoms with Crippen LogP contribution in [0.5, 0.6) is 0 Å². The van der Waals surface area contributed by atoms with Gasteiger partial charge in [-0.25, -0.2) is 22.0 Å². The maximum absolute atomic E-state index is 14.6. The van der Waals surface area contributed by atoms with E-state index in [9.17, 15) is 27.1 Å². The van der Waals surface area contributed by atoms with Crippen molar-refractivity contribution >= 4 is 17.3 Å². The Morgan fingerprint density at radius 1 is 0.939 bits per heavy atom. The van der Waals surface area contributed by atoms with Gasteiger partial charge in [-0.15, -0.1) is 0 Å². The molecule has 33 heavy (non-hydrogen) atoms. The molecule has 1 N–H and O–H groups in total. The zero-order chi connectivity index (χ0) is 24.6. The van der Waals surface area contributed by atoms with Gasteiger partial charge in [0.2, 0.25) is 0 Å². The Kier molecular flexibility index (Phi) is 7.59. The average Bonchev–Trinajstić information content (AvgIpc) is 2.74. The Morgan fingerprint density at radius 3 is 1.94 bits per heavy atom. The molecule has 3 rings (SSSR count). The summed E-state index contributed by atoms with van der Waals surface area (Å²) in [6.07, 6.45) is 0. The quantitative estimate of drug-likeness (QED) is 0.363. The van der Waals surface area contributed by atoms with E-state index in [2.05, 4.69) is 0 Å². The molecule has 1 heterocycles. The predicted molar refractivity (Wildman–Crippen MR) is 121 cm³/mol. The number of thioether (sulfide) groups is 1. The maximum Gasteiger partial charge on any atom is 0.175 e. The Hall–Kier alpha value is -2.32. The van der Waals surface area contributed by atoms with Gasteiger partial charge in [-0.2, -0.15) is 0 Å². The lowest BCUT2D eigenvalue weighted by molar-refractivity contribution is 0.220. The molecule has 0 aliphatic carbocycles. The van der Waals surface area contributed by atoms with Crippen molar-refractivity contribution < 1.29 is 27.1 Å². The minimum atomic E-state index is -1.50. The molecule has 2 aromatic carbocycles. The number of halogens is 5. The van der Waals surface area contributed by atoms with E-state index in [1.807, 2.05) is 39.6 Å². The number of hydrogen-bond acceptors (Lipinski definition) is 3. The van der Waals surface area contributed by atoms with Crippen LogP contribution in [0.15, 0.2) is 51.4 Å². The van der Waals surface area contributed by atoms with Crippen LogP contribution in [0.3, 0.4) is 0 Å². The Balaban J connectivity index is 2.37. The molecule has 0 saturated carbocycles. The molecule has 1 atom stereocenters. The lowest BCUT2D eigenvalue weighted by Crippen LogP contribution is -2.43. The molecule has 0 bridgehead atoms. The maximum atomic E-state index is 14.6. The molecule has 2 aromatic rings. The van der Waals surface area contributed by atoms with Crippen LogP contribution < -0.4 is 0 Å². The van der Waals surface area contributed by atoms with E-state index < -0.39 is 34.0 Å². The minimum absolute atomic E-state index is 0.0491. The second-order valence-electron chi connectivity index (χ2n) is 8.63. The highest BCUT2D eigenvalue weighted by Gasteiger charge is 2.37. The van der Waals surface area contributed by atoms with Gasteiger partial charge in [0, 0.05) is 29.3 Å². The lowest BCUT2D eigenvalue weighted by Gasteiger charge is -2.44. The van der Waals surface area contributed by atoms with Crippen molar-refractivity contribution in [1.82, 2.24) is 4.90 Å². The molecule has 0 radical (unpaired) electrons. The highest BCUT2D eigenvalue weighted by molar-refractivity contribution is 8.03. The number of rotatable bonds is 6. The van der Waals surface area contributed by atoms with Gasteiger partial charge in [-0.05, 0) is 35.1 Å². The molecule has 2 nitrogen and oxygen atoms in total. The predicted octanol–water partition coefficient (Wildman–Crippen LogP) is 6.76. The summed E-state index contributed by atoms with van der Waals surface area (Å²) >= 11 is 0.572. The van der Waals surface area contributed by atoms with Crippen LogP contribution in [0.4, 0.5) is 22.0 Å². The second-order valence-corrected chi connectivity index (χ2v) is 9.65. The third kappa shape index (κ3) is 4.68. The number of aliphatic hydroxyl groups is 1. The molecule has 0 spiro atoms. The van der Waals surface area contributed by atoms with Gasteiger partial charge in [-0.1, -0.05) is 51.6 Å². The highest BCUT2D eigenvalue weighted by atomic mass is 32.2. The van der Waals surface area contributed by atoms with Crippen LogP contribution in [0.2, 0.25) is 0 Å². The van der Waals surface area contributed by atoms with Crippen LogP contribution in [0.1, 0.15) is 33.3 Å². The van der Waals surface area contributed by atoms with Crippen molar-refractivity contribution in [3.63, 3.8) is 0 Å². The summed E-state index contributed by atoms with van der Waals surface area (Å²) in [6, 6.07) is 5.45. The zero-order valence-corrected chi connectivity index (χ0v) is 19.8. The smallest absolute Gasteiger partial charge is 0.175 e. The number of nitrogens with zero attached hydrogens (tertiary/aromatic N) is 1. The van der Waals surface area contributed by atoms with Crippen LogP contribution in [-0.2, 0) is 0 Å². The van der Waals surface area contributed by atoms with E-state index in [0.717, 1.165) is 0 Å². The third-order valence-corrected chi connectivity index (χ3v) is 6.87. The first-order valence-corrected chi connectivity index (χ1v) is 11.4. The summed E-state index contributed by atoms with van der Waals surface area (Å²) in [7, 11) is 1.82. The SMILES string of the molecule is CC(C)C1=C(Sc2c(F)c(F)cc(F)c2F)C(c2ccc(F)cc2)=C(CO)C(C(C)C)N1C. The van der Waals surface area contributed by atoms with Gasteiger partial charge in [0.05, 0.1) is 17.5 Å². The summed E-state index contributed by atoms with van der Waals surface area (Å²) in [5, 5.41) is 10.4. The summed E-state index contributed by atoms with van der Waals surface area (Å²) in [6.45, 7) is 7.40. The van der Waals surface area contributed by atoms with Crippen molar-refractivity contribution in [2.45, 2.75) is 38.6 Å². The molecule has 1 aliphatic heterocycles. The van der Waals surface area contributed by atoms with E-state index in [0.29, 0.717) is 39.1 Å². The molecule has 1 aliphatic rings. The van der Waals surface area contributed by atoms with E-state index >= 15 is 0 Å². The molecule has 1 unspecified atom stereocenters. The van der Waals surface area contributed by atoms with E-state index in [1.165, 1.54) is 24.3 Å². The number of allylic oxidation sites excluding steroid dienone is 2. The summed E-state index contributed by atoms with van der Waals surface area (Å²) < 4.78 is 70.9. The molecule has 0 aromatic heterocycles. The Labute approximate surface area is 194 Å². The van der Waals surface area contributed by atoms with Crippen LogP contribution in [0.25, 0.3) is 5.57 Å². The number of aliphatic hydroxyl groups excluding tert-OH is 1. The van der Waals surface area contributed by atoms with Gasteiger partial charge in [-0.3, -0.25) is 0 Å². The van der Waals surface area contributed by atoms with Gasteiger partial charge >= 0.3 is 0 Å². The fourth-order valence-electron chi connectivity index (χ4n) is 4.44. The number of hydrogen-bond donors (Lipinski definition) is 1. The fourth-order valence-corrected chi connectivity index (χ4v) is 5.85. The van der Waals surface area contributed by atoms with Gasteiger partial charge in [0.1, 0.15) is 5.82 Å². The standard InChI is InChI=1S/C25H26F5NOS/c1-12(2)22-16(11-32)19(14-6-8-15(26)9-7-14)24(23(13(3)4)31(22)5)33-25-20(29)17(27)10-18(28)21(25)30/h6-10,12-13,22,32H,11H2,1-5H3. The Bertz CT molecular complexity index is 1080.